The van der Waals surface area contributed by atoms with Crippen LogP contribution >= 0.6 is 0 Å². The maximum Gasteiger partial charge on any atom is 0.414 e. The van der Waals surface area contributed by atoms with Gasteiger partial charge in [-0.05, 0) is 49.4 Å². The SMILES string of the molecule is CC(C)[Si](OC/C=C/C1=CN(C(=O)OC(C)(C)C)CC1)(C(C)C)C(C)C. The first-order valence-corrected chi connectivity index (χ1v) is 12.0. The lowest BCUT2D eigenvalue weighted by atomic mass is 10.2. The standard InChI is InChI=1S/C21H39NO3Si/c1-16(2)26(17(3)4,18(5)6)24-14-10-11-19-12-13-22(15-19)20(23)25-21(7,8)9/h10-11,15-18H,12-14H2,1-9H3/b11-10+. The molecule has 1 aliphatic heterocycles. The highest BCUT2D eigenvalue weighted by atomic mass is 28.4. The van der Waals surface area contributed by atoms with Crippen LogP contribution in [0.4, 0.5) is 4.79 Å². The van der Waals surface area contributed by atoms with E-state index in [1.807, 2.05) is 27.0 Å². The molecule has 1 rings (SSSR count). The lowest BCUT2D eigenvalue weighted by Gasteiger charge is -2.41. The van der Waals surface area contributed by atoms with Gasteiger partial charge in [-0.2, -0.15) is 0 Å². The van der Waals surface area contributed by atoms with Crippen LogP contribution in [-0.4, -0.2) is 38.1 Å². The summed E-state index contributed by atoms with van der Waals surface area (Å²) in [7, 11) is -1.82. The fourth-order valence-electron chi connectivity index (χ4n) is 4.06. The van der Waals surface area contributed by atoms with Crippen molar-refractivity contribution in [2.45, 2.75) is 91.0 Å². The fraction of sp³-hybridized carbons (Fsp3) is 0.762. The predicted molar refractivity (Wildman–Crippen MR) is 112 cm³/mol. The molecule has 0 N–H and O–H groups in total. The van der Waals surface area contributed by atoms with Crippen molar-refractivity contribution < 1.29 is 14.0 Å². The second-order valence-corrected chi connectivity index (χ2v) is 14.6. The van der Waals surface area contributed by atoms with E-state index in [2.05, 4.69) is 53.7 Å². The zero-order valence-corrected chi connectivity index (χ0v) is 19.3. The van der Waals surface area contributed by atoms with E-state index < -0.39 is 13.9 Å². The summed E-state index contributed by atoms with van der Waals surface area (Å²) >= 11 is 0. The quantitative estimate of drug-likeness (QED) is 0.489. The monoisotopic (exact) mass is 381 g/mol. The molecule has 1 aliphatic rings. The maximum atomic E-state index is 12.1. The summed E-state index contributed by atoms with van der Waals surface area (Å²) in [5.41, 5.74) is 2.44. The molecule has 0 bridgehead atoms. The van der Waals surface area contributed by atoms with Gasteiger partial charge in [0.2, 0.25) is 8.32 Å². The van der Waals surface area contributed by atoms with E-state index in [-0.39, 0.29) is 6.09 Å². The Hall–Kier alpha value is -1.07. The van der Waals surface area contributed by atoms with Crippen molar-refractivity contribution in [3.05, 3.63) is 23.9 Å². The van der Waals surface area contributed by atoms with Gasteiger partial charge in [0.25, 0.3) is 0 Å². The maximum absolute atomic E-state index is 12.1. The average Bonchev–Trinajstić information content (AvgIpc) is 2.93. The van der Waals surface area contributed by atoms with E-state index in [0.29, 0.717) is 29.8 Å². The largest absolute Gasteiger partial charge is 0.443 e. The van der Waals surface area contributed by atoms with Crippen molar-refractivity contribution in [3.63, 3.8) is 0 Å². The molecule has 26 heavy (non-hydrogen) atoms. The molecule has 0 atom stereocenters. The summed E-state index contributed by atoms with van der Waals surface area (Å²) < 4.78 is 12.0. The van der Waals surface area contributed by atoms with Gasteiger partial charge in [-0.25, -0.2) is 4.79 Å². The van der Waals surface area contributed by atoms with E-state index in [1.54, 1.807) is 4.90 Å². The molecule has 0 aromatic rings. The van der Waals surface area contributed by atoms with Crippen molar-refractivity contribution in [2.24, 2.45) is 0 Å². The summed E-state index contributed by atoms with van der Waals surface area (Å²) in [4.78, 5) is 13.8. The van der Waals surface area contributed by atoms with E-state index in [0.717, 1.165) is 12.0 Å². The molecule has 0 spiro atoms. The Morgan fingerprint density at radius 3 is 2.15 bits per heavy atom. The molecule has 1 heterocycles. The van der Waals surface area contributed by atoms with Crippen molar-refractivity contribution in [1.82, 2.24) is 4.90 Å². The Labute approximate surface area is 161 Å². The first kappa shape index (κ1) is 23.0. The van der Waals surface area contributed by atoms with E-state index >= 15 is 0 Å². The topological polar surface area (TPSA) is 38.8 Å². The number of hydrogen-bond acceptors (Lipinski definition) is 3. The molecular weight excluding hydrogens is 342 g/mol. The Morgan fingerprint density at radius 2 is 1.69 bits per heavy atom. The lowest BCUT2D eigenvalue weighted by Crippen LogP contribution is -2.47. The Morgan fingerprint density at radius 1 is 1.15 bits per heavy atom. The number of amides is 1. The molecular formula is C21H39NO3Si. The number of carbonyl (C=O) groups is 1. The highest BCUT2D eigenvalue weighted by molar-refractivity contribution is 6.77. The Balaban J connectivity index is 2.66. The van der Waals surface area contributed by atoms with Gasteiger partial charge in [0.1, 0.15) is 5.60 Å². The summed E-state index contributed by atoms with van der Waals surface area (Å²) in [6.45, 7) is 20.8. The lowest BCUT2D eigenvalue weighted by molar-refractivity contribution is 0.0349. The van der Waals surface area contributed by atoms with Crippen LogP contribution in [0.1, 0.15) is 68.7 Å². The van der Waals surface area contributed by atoms with Gasteiger partial charge in [0.05, 0.1) is 6.61 Å². The molecule has 5 heteroatoms. The second kappa shape index (κ2) is 9.22. The molecule has 4 nitrogen and oxygen atoms in total. The first-order chi connectivity index (χ1) is 11.9. The van der Waals surface area contributed by atoms with Gasteiger partial charge in [-0.15, -0.1) is 0 Å². The van der Waals surface area contributed by atoms with Gasteiger partial charge >= 0.3 is 6.09 Å². The van der Waals surface area contributed by atoms with Crippen LogP contribution in [0.25, 0.3) is 0 Å². The Bertz CT molecular complexity index is 508. The molecule has 0 aromatic heterocycles. The van der Waals surface area contributed by atoms with Gasteiger partial charge < -0.3 is 9.16 Å². The zero-order valence-electron chi connectivity index (χ0n) is 18.3. The second-order valence-electron chi connectivity index (χ2n) is 9.16. The van der Waals surface area contributed by atoms with Crippen LogP contribution in [0, 0.1) is 0 Å². The minimum absolute atomic E-state index is 0.275. The molecule has 0 radical (unpaired) electrons. The molecule has 0 saturated heterocycles. The van der Waals surface area contributed by atoms with Crippen molar-refractivity contribution in [1.29, 1.82) is 0 Å². The van der Waals surface area contributed by atoms with Crippen LogP contribution in [-0.2, 0) is 9.16 Å². The van der Waals surface area contributed by atoms with Gasteiger partial charge in [0.15, 0.2) is 0 Å². The molecule has 150 valence electrons. The smallest absolute Gasteiger partial charge is 0.414 e. The number of allylic oxidation sites excluding steroid dienone is 1. The minimum Gasteiger partial charge on any atom is -0.443 e. The molecule has 0 unspecified atom stereocenters. The third-order valence-corrected chi connectivity index (χ3v) is 11.1. The van der Waals surface area contributed by atoms with Crippen molar-refractivity contribution in [2.75, 3.05) is 13.2 Å². The number of nitrogens with zero attached hydrogens (tertiary/aromatic N) is 1. The number of rotatable bonds is 7. The highest BCUT2D eigenvalue weighted by Crippen LogP contribution is 2.42. The molecule has 1 amide bonds. The van der Waals surface area contributed by atoms with E-state index in [9.17, 15) is 4.79 Å². The number of hydrogen-bond donors (Lipinski definition) is 0. The zero-order chi connectivity index (χ0) is 20.1. The molecule has 0 fully saturated rings. The van der Waals surface area contributed by atoms with E-state index in [4.69, 9.17) is 9.16 Å². The van der Waals surface area contributed by atoms with Crippen LogP contribution in [0.2, 0.25) is 16.6 Å². The first-order valence-electron chi connectivity index (χ1n) is 9.91. The summed E-state index contributed by atoms with van der Waals surface area (Å²) in [5.74, 6) is 0. The average molecular weight is 382 g/mol. The predicted octanol–water partition coefficient (Wildman–Crippen LogP) is 6.26. The fourth-order valence-corrected chi connectivity index (χ4v) is 9.45. The van der Waals surface area contributed by atoms with Crippen molar-refractivity contribution in [3.8, 4) is 0 Å². The summed E-state index contributed by atoms with van der Waals surface area (Å²) in [6.07, 6.45) is 6.66. The minimum atomic E-state index is -1.82. The summed E-state index contributed by atoms with van der Waals surface area (Å²) in [5, 5.41) is 0. The molecule has 0 aromatic carbocycles. The van der Waals surface area contributed by atoms with Crippen molar-refractivity contribution >= 4 is 14.4 Å². The normalized spacial score (nSPS) is 16.3. The van der Waals surface area contributed by atoms with Crippen LogP contribution in [0.3, 0.4) is 0 Å². The third kappa shape index (κ3) is 5.98. The van der Waals surface area contributed by atoms with E-state index in [1.165, 1.54) is 0 Å². The van der Waals surface area contributed by atoms with Crippen LogP contribution < -0.4 is 0 Å². The number of carbonyl (C=O) groups excluding carboxylic acids is 1. The Kier molecular flexibility index (Phi) is 8.15. The summed E-state index contributed by atoms with van der Waals surface area (Å²) in [6, 6.07) is 0. The van der Waals surface area contributed by atoms with Crippen LogP contribution in [0.15, 0.2) is 23.9 Å². The molecule has 0 aliphatic carbocycles. The van der Waals surface area contributed by atoms with Crippen LogP contribution in [0.5, 0.6) is 0 Å². The highest BCUT2D eigenvalue weighted by Gasteiger charge is 2.44. The van der Waals surface area contributed by atoms with Gasteiger partial charge in [0, 0.05) is 12.7 Å². The molecule has 0 saturated carbocycles. The number of ether oxygens (including phenoxy) is 1. The van der Waals surface area contributed by atoms with Gasteiger partial charge in [-0.1, -0.05) is 53.7 Å². The van der Waals surface area contributed by atoms with Gasteiger partial charge in [-0.3, -0.25) is 4.90 Å². The third-order valence-electron chi connectivity index (χ3n) is 5.06.